The molecule has 0 radical (unpaired) electrons. The third kappa shape index (κ3) is 4.00. The molecule has 1 aliphatic rings. The molecule has 0 bridgehead atoms. The highest BCUT2D eigenvalue weighted by Crippen LogP contribution is 2.30. The van der Waals surface area contributed by atoms with Crippen LogP contribution in [-0.4, -0.2) is 22.5 Å². The number of hydrogen-bond acceptors (Lipinski definition) is 5. The van der Waals surface area contributed by atoms with Gasteiger partial charge in [0.05, 0.1) is 24.5 Å². The fraction of sp³-hybridized carbons (Fsp3) is 0.273. The van der Waals surface area contributed by atoms with Gasteiger partial charge < -0.3 is 14.2 Å². The van der Waals surface area contributed by atoms with E-state index >= 15 is 0 Å². The van der Waals surface area contributed by atoms with Crippen LogP contribution in [0.25, 0.3) is 0 Å². The van der Waals surface area contributed by atoms with Gasteiger partial charge in [-0.2, -0.15) is 5.10 Å². The van der Waals surface area contributed by atoms with Crippen LogP contribution in [0, 0.1) is 19.7 Å². The van der Waals surface area contributed by atoms with Crippen molar-refractivity contribution in [2.75, 3.05) is 6.79 Å². The van der Waals surface area contributed by atoms with E-state index in [4.69, 9.17) is 14.2 Å². The Morgan fingerprint density at radius 3 is 2.83 bits per heavy atom. The molecule has 2 heterocycles. The lowest BCUT2D eigenvalue weighted by Gasteiger charge is -2.20. The van der Waals surface area contributed by atoms with E-state index in [0.717, 1.165) is 11.3 Å². The number of hydrogen-bond donors (Lipinski definition) is 0. The van der Waals surface area contributed by atoms with E-state index in [9.17, 15) is 9.18 Å². The van der Waals surface area contributed by atoms with E-state index in [2.05, 4.69) is 5.10 Å². The van der Waals surface area contributed by atoms with Gasteiger partial charge in [-0.25, -0.2) is 9.18 Å². The summed E-state index contributed by atoms with van der Waals surface area (Å²) in [6, 6.07) is 12.6. The second-order valence-corrected chi connectivity index (χ2v) is 6.93. The van der Waals surface area contributed by atoms with E-state index in [1.807, 2.05) is 37.3 Å². The lowest BCUT2D eigenvalue weighted by Crippen LogP contribution is -2.15. The van der Waals surface area contributed by atoms with Gasteiger partial charge in [-0.15, -0.1) is 0 Å². The van der Waals surface area contributed by atoms with E-state index < -0.39 is 11.8 Å². The smallest absolute Gasteiger partial charge is 0.342 e. The highest BCUT2D eigenvalue weighted by Gasteiger charge is 2.22. The number of benzene rings is 2. The molecule has 0 spiro atoms. The van der Waals surface area contributed by atoms with Gasteiger partial charge in [0, 0.05) is 11.1 Å². The average molecular weight is 396 g/mol. The molecule has 0 amide bonds. The number of nitrogens with zero attached hydrogens (tertiary/aromatic N) is 2. The Kier molecular flexibility index (Phi) is 5.31. The number of fused-ring (bicyclic) bond motifs is 1. The van der Waals surface area contributed by atoms with Crippen molar-refractivity contribution < 1.29 is 23.4 Å². The van der Waals surface area contributed by atoms with E-state index in [1.54, 1.807) is 11.6 Å². The van der Waals surface area contributed by atoms with E-state index in [-0.39, 0.29) is 20.0 Å². The second-order valence-electron chi connectivity index (χ2n) is 6.93. The fourth-order valence-corrected chi connectivity index (χ4v) is 3.48. The highest BCUT2D eigenvalue weighted by atomic mass is 19.1. The Morgan fingerprint density at radius 2 is 2.03 bits per heavy atom. The maximum absolute atomic E-state index is 13.9. The van der Waals surface area contributed by atoms with Crippen LogP contribution in [0.3, 0.4) is 0 Å². The van der Waals surface area contributed by atoms with Crippen molar-refractivity contribution in [1.29, 1.82) is 0 Å². The minimum atomic E-state index is -0.496. The molecule has 0 aliphatic carbocycles. The van der Waals surface area contributed by atoms with Gasteiger partial charge in [0.1, 0.15) is 23.7 Å². The highest BCUT2D eigenvalue weighted by molar-refractivity contribution is 5.91. The third-order valence-electron chi connectivity index (χ3n) is 4.87. The SMILES string of the molecule is Cc1nn(Cc2ccccc2)c(C)c1C(=O)OCc1cc(F)cc2c1OCOC2. The molecule has 6 nitrogen and oxygen atoms in total. The molecule has 0 fully saturated rings. The second kappa shape index (κ2) is 8.05. The average Bonchev–Trinajstić information content (AvgIpc) is 2.99. The first-order valence-electron chi connectivity index (χ1n) is 9.30. The van der Waals surface area contributed by atoms with Crippen LogP contribution in [0.2, 0.25) is 0 Å². The minimum Gasteiger partial charge on any atom is -0.467 e. The number of ether oxygens (including phenoxy) is 3. The predicted octanol–water partition coefficient (Wildman–Crippen LogP) is 3.91. The molecule has 150 valence electrons. The van der Waals surface area contributed by atoms with Crippen molar-refractivity contribution in [2.24, 2.45) is 0 Å². The molecule has 0 N–H and O–H groups in total. The number of carbonyl (C=O) groups excluding carboxylic acids is 1. The molecule has 3 aromatic rings. The summed E-state index contributed by atoms with van der Waals surface area (Å²) in [5, 5.41) is 4.48. The number of aromatic nitrogens is 2. The first-order valence-corrected chi connectivity index (χ1v) is 9.30. The summed E-state index contributed by atoms with van der Waals surface area (Å²) in [6.07, 6.45) is 0. The van der Waals surface area contributed by atoms with Crippen molar-refractivity contribution in [3.63, 3.8) is 0 Å². The van der Waals surface area contributed by atoms with Crippen molar-refractivity contribution in [3.05, 3.63) is 81.9 Å². The van der Waals surface area contributed by atoms with Gasteiger partial charge in [-0.1, -0.05) is 30.3 Å². The molecule has 1 aromatic heterocycles. The first-order chi connectivity index (χ1) is 14.0. The molecule has 0 saturated carbocycles. The fourth-order valence-electron chi connectivity index (χ4n) is 3.48. The Morgan fingerprint density at radius 1 is 1.24 bits per heavy atom. The zero-order valence-electron chi connectivity index (χ0n) is 16.3. The molecule has 4 rings (SSSR count). The van der Waals surface area contributed by atoms with Crippen LogP contribution in [0.4, 0.5) is 4.39 Å². The Balaban J connectivity index is 1.52. The van der Waals surface area contributed by atoms with E-state index in [1.165, 1.54) is 12.1 Å². The van der Waals surface area contributed by atoms with Crippen molar-refractivity contribution in [2.45, 2.75) is 33.6 Å². The van der Waals surface area contributed by atoms with Crippen molar-refractivity contribution >= 4 is 5.97 Å². The summed E-state index contributed by atoms with van der Waals surface area (Å²) in [5.74, 6) is -0.407. The van der Waals surface area contributed by atoms with Crippen LogP contribution in [0.1, 0.15) is 38.4 Å². The van der Waals surface area contributed by atoms with Crippen molar-refractivity contribution in [3.8, 4) is 5.75 Å². The summed E-state index contributed by atoms with van der Waals surface area (Å²) in [6.45, 7) is 4.43. The van der Waals surface area contributed by atoms with Crippen LogP contribution in [0.15, 0.2) is 42.5 Å². The lowest BCUT2D eigenvalue weighted by molar-refractivity contribution is -0.0183. The first kappa shape index (κ1) is 19.1. The molecule has 29 heavy (non-hydrogen) atoms. The van der Waals surface area contributed by atoms with Gasteiger partial charge >= 0.3 is 5.97 Å². The molecular formula is C22H21FN2O4. The Hall–Kier alpha value is -3.19. The maximum atomic E-state index is 13.9. The molecule has 0 atom stereocenters. The number of carbonyl (C=O) groups is 1. The van der Waals surface area contributed by atoms with Gasteiger partial charge in [0.2, 0.25) is 0 Å². The zero-order valence-corrected chi connectivity index (χ0v) is 16.3. The summed E-state index contributed by atoms with van der Waals surface area (Å²) in [7, 11) is 0. The summed E-state index contributed by atoms with van der Waals surface area (Å²) < 4.78 is 31.8. The topological polar surface area (TPSA) is 62.6 Å². The third-order valence-corrected chi connectivity index (χ3v) is 4.87. The van der Waals surface area contributed by atoms with Crippen LogP contribution >= 0.6 is 0 Å². The zero-order chi connectivity index (χ0) is 20.4. The molecular weight excluding hydrogens is 375 g/mol. The molecule has 0 unspecified atom stereocenters. The summed E-state index contributed by atoms with van der Waals surface area (Å²) in [5.41, 5.74) is 3.91. The minimum absolute atomic E-state index is 0.0874. The largest absolute Gasteiger partial charge is 0.467 e. The van der Waals surface area contributed by atoms with Crippen LogP contribution in [0.5, 0.6) is 5.75 Å². The van der Waals surface area contributed by atoms with Crippen LogP contribution in [-0.2, 0) is 29.2 Å². The Bertz CT molecular complexity index is 1050. The molecule has 7 heteroatoms. The standard InChI is InChI=1S/C22H21FN2O4/c1-14-20(15(2)25(24-14)10-16-6-4-3-5-7-16)22(26)28-12-18-9-19(23)8-17-11-27-13-29-21(17)18/h3-9H,10-13H2,1-2H3. The summed E-state index contributed by atoms with van der Waals surface area (Å²) in [4.78, 5) is 12.7. The normalized spacial score (nSPS) is 12.9. The lowest BCUT2D eigenvalue weighted by atomic mass is 10.1. The summed E-state index contributed by atoms with van der Waals surface area (Å²) >= 11 is 0. The maximum Gasteiger partial charge on any atom is 0.342 e. The molecule has 0 saturated heterocycles. The molecule has 2 aromatic carbocycles. The molecule has 1 aliphatic heterocycles. The van der Waals surface area contributed by atoms with Crippen LogP contribution < -0.4 is 4.74 Å². The number of esters is 1. The Labute approximate surface area is 167 Å². The quantitative estimate of drug-likeness (QED) is 0.612. The monoisotopic (exact) mass is 396 g/mol. The predicted molar refractivity (Wildman–Crippen MR) is 103 cm³/mol. The van der Waals surface area contributed by atoms with Gasteiger partial charge in [0.25, 0.3) is 0 Å². The van der Waals surface area contributed by atoms with Gasteiger partial charge in [-0.05, 0) is 31.5 Å². The van der Waals surface area contributed by atoms with Gasteiger partial charge in [0.15, 0.2) is 6.79 Å². The number of rotatable bonds is 5. The van der Waals surface area contributed by atoms with E-state index in [0.29, 0.717) is 34.7 Å². The van der Waals surface area contributed by atoms with Gasteiger partial charge in [-0.3, -0.25) is 4.68 Å². The number of aryl methyl sites for hydroxylation is 1. The van der Waals surface area contributed by atoms with Crippen molar-refractivity contribution in [1.82, 2.24) is 9.78 Å². The number of halogens is 1.